The van der Waals surface area contributed by atoms with E-state index in [0.29, 0.717) is 5.56 Å². The van der Waals surface area contributed by atoms with Crippen LogP contribution in [0.1, 0.15) is 10.4 Å². The van der Waals surface area contributed by atoms with Crippen LogP contribution in [0.15, 0.2) is 36.8 Å². The van der Waals surface area contributed by atoms with Gasteiger partial charge in [0.2, 0.25) is 0 Å². The van der Waals surface area contributed by atoms with E-state index in [0.717, 1.165) is 10.9 Å². The number of nitrogens with one attached hydrogen (secondary N) is 2. The number of hydrogen-bond donors (Lipinski definition) is 2. The minimum Gasteiger partial charge on any atom is -0.361 e. The zero-order chi connectivity index (χ0) is 14.1. The molecule has 0 aliphatic rings. The van der Waals surface area contributed by atoms with E-state index in [2.05, 4.69) is 20.3 Å². The Balaban J connectivity index is 1.97. The Bertz CT molecular complexity index is 800. The number of fused-ring (bicyclic) bond motifs is 1. The van der Waals surface area contributed by atoms with E-state index in [1.165, 1.54) is 6.33 Å². The van der Waals surface area contributed by atoms with Gasteiger partial charge < -0.3 is 10.3 Å². The second-order valence-electron chi connectivity index (χ2n) is 4.03. The molecule has 2 N–H and O–H groups in total. The summed E-state index contributed by atoms with van der Waals surface area (Å²) in [5, 5.41) is 3.66. The third-order valence-electron chi connectivity index (χ3n) is 2.82. The predicted octanol–water partition coefficient (Wildman–Crippen LogP) is 3.52. The fourth-order valence-electron chi connectivity index (χ4n) is 1.89. The molecule has 0 aliphatic heterocycles. The molecule has 3 aromatic rings. The second kappa shape index (κ2) is 5.11. The van der Waals surface area contributed by atoms with Crippen molar-refractivity contribution in [2.75, 3.05) is 5.32 Å². The highest BCUT2D eigenvalue weighted by Crippen LogP contribution is 2.26. The summed E-state index contributed by atoms with van der Waals surface area (Å²) in [6.45, 7) is 0. The molecule has 0 saturated carbocycles. The van der Waals surface area contributed by atoms with Crippen LogP contribution in [0.4, 0.5) is 5.82 Å². The maximum Gasteiger partial charge on any atom is 0.257 e. The molecule has 7 heteroatoms. The van der Waals surface area contributed by atoms with Gasteiger partial charge in [0.05, 0.1) is 0 Å². The number of aromatic amines is 1. The number of anilines is 1. The Morgan fingerprint density at radius 1 is 1.20 bits per heavy atom. The maximum atomic E-state index is 12.3. The molecule has 0 fully saturated rings. The van der Waals surface area contributed by atoms with Gasteiger partial charge in [-0.15, -0.1) is 0 Å². The number of carbonyl (C=O) groups is 1. The monoisotopic (exact) mass is 306 g/mol. The third kappa shape index (κ3) is 2.21. The van der Waals surface area contributed by atoms with Crippen LogP contribution < -0.4 is 5.32 Å². The summed E-state index contributed by atoms with van der Waals surface area (Å²) in [6, 6.07) is 7.24. The molecule has 3 rings (SSSR count). The highest BCUT2D eigenvalue weighted by Gasteiger charge is 2.14. The standard InChI is InChI=1S/C13H8Cl2N4O/c14-10-11(15)17-6-18-12(10)19-13(20)8-2-1-3-9-7(8)4-5-16-9/h1-6,16H,(H,17,18,19,20). The van der Waals surface area contributed by atoms with Crippen molar-refractivity contribution in [3.8, 4) is 0 Å². The molecule has 1 aromatic carbocycles. The van der Waals surface area contributed by atoms with Gasteiger partial charge in [-0.3, -0.25) is 4.79 Å². The molecule has 2 heterocycles. The molecule has 0 spiro atoms. The molecule has 1 amide bonds. The summed E-state index contributed by atoms with van der Waals surface area (Å²) in [5.41, 5.74) is 1.40. The van der Waals surface area contributed by atoms with Crippen molar-refractivity contribution < 1.29 is 4.79 Å². The molecule has 5 nitrogen and oxygen atoms in total. The molecular formula is C13H8Cl2N4O. The lowest BCUT2D eigenvalue weighted by Gasteiger charge is -2.07. The van der Waals surface area contributed by atoms with Crippen LogP contribution in [0.2, 0.25) is 10.2 Å². The molecule has 0 atom stereocenters. The van der Waals surface area contributed by atoms with Crippen molar-refractivity contribution in [3.63, 3.8) is 0 Å². The van der Waals surface area contributed by atoms with Crippen molar-refractivity contribution in [1.29, 1.82) is 0 Å². The lowest BCUT2D eigenvalue weighted by Crippen LogP contribution is -2.13. The smallest absolute Gasteiger partial charge is 0.257 e. The van der Waals surface area contributed by atoms with Crippen LogP contribution in [0.5, 0.6) is 0 Å². The highest BCUT2D eigenvalue weighted by atomic mass is 35.5. The van der Waals surface area contributed by atoms with Crippen molar-refractivity contribution in [1.82, 2.24) is 15.0 Å². The molecular weight excluding hydrogens is 299 g/mol. The Morgan fingerprint density at radius 3 is 2.90 bits per heavy atom. The van der Waals surface area contributed by atoms with Gasteiger partial charge in [-0.1, -0.05) is 29.3 Å². The largest absolute Gasteiger partial charge is 0.361 e. The van der Waals surface area contributed by atoms with Crippen LogP contribution in [0, 0.1) is 0 Å². The number of rotatable bonds is 2. The number of benzene rings is 1. The number of H-pyrrole nitrogens is 1. The van der Waals surface area contributed by atoms with E-state index in [1.807, 2.05) is 12.1 Å². The minimum atomic E-state index is -0.313. The van der Waals surface area contributed by atoms with Crippen molar-refractivity contribution >= 4 is 45.8 Å². The Morgan fingerprint density at radius 2 is 2.05 bits per heavy atom. The predicted molar refractivity (Wildman–Crippen MR) is 78.3 cm³/mol. The lowest BCUT2D eigenvalue weighted by atomic mass is 10.1. The molecule has 0 aliphatic carbocycles. The molecule has 20 heavy (non-hydrogen) atoms. The van der Waals surface area contributed by atoms with Crippen LogP contribution in [-0.2, 0) is 0 Å². The first kappa shape index (κ1) is 12.9. The van der Waals surface area contributed by atoms with Gasteiger partial charge in [0.1, 0.15) is 11.3 Å². The number of amides is 1. The summed E-state index contributed by atoms with van der Waals surface area (Å²) < 4.78 is 0. The summed E-state index contributed by atoms with van der Waals surface area (Å²) in [6.07, 6.45) is 3.01. The normalized spacial score (nSPS) is 10.7. The Labute approximate surface area is 124 Å². The molecule has 100 valence electrons. The number of aromatic nitrogens is 3. The quantitative estimate of drug-likeness (QED) is 0.712. The second-order valence-corrected chi connectivity index (χ2v) is 4.76. The van der Waals surface area contributed by atoms with Crippen LogP contribution >= 0.6 is 23.2 Å². The van der Waals surface area contributed by atoms with Gasteiger partial charge in [0, 0.05) is 22.7 Å². The number of carbonyl (C=O) groups excluding carboxylic acids is 1. The third-order valence-corrected chi connectivity index (χ3v) is 3.56. The zero-order valence-electron chi connectivity index (χ0n) is 10.0. The van der Waals surface area contributed by atoms with E-state index in [9.17, 15) is 4.79 Å². The van der Waals surface area contributed by atoms with E-state index < -0.39 is 0 Å². The van der Waals surface area contributed by atoms with E-state index >= 15 is 0 Å². The van der Waals surface area contributed by atoms with Gasteiger partial charge >= 0.3 is 0 Å². The van der Waals surface area contributed by atoms with Gasteiger partial charge in [0.25, 0.3) is 5.91 Å². The maximum absolute atomic E-state index is 12.3. The molecule has 0 radical (unpaired) electrons. The van der Waals surface area contributed by atoms with E-state index in [-0.39, 0.29) is 21.9 Å². The zero-order valence-corrected chi connectivity index (χ0v) is 11.5. The highest BCUT2D eigenvalue weighted by molar-refractivity contribution is 6.43. The molecule has 0 bridgehead atoms. The van der Waals surface area contributed by atoms with Crippen molar-refractivity contribution in [3.05, 3.63) is 52.5 Å². The van der Waals surface area contributed by atoms with Crippen LogP contribution in [-0.4, -0.2) is 20.9 Å². The number of halogens is 2. The molecule has 2 aromatic heterocycles. The first-order valence-corrected chi connectivity index (χ1v) is 6.46. The Hall–Kier alpha value is -2.11. The van der Waals surface area contributed by atoms with Gasteiger partial charge in [-0.25, -0.2) is 9.97 Å². The number of nitrogens with zero attached hydrogens (tertiary/aromatic N) is 2. The minimum absolute atomic E-state index is 0.0943. The van der Waals surface area contributed by atoms with Gasteiger partial charge in [-0.2, -0.15) is 0 Å². The Kier molecular flexibility index (Phi) is 3.30. The van der Waals surface area contributed by atoms with Crippen molar-refractivity contribution in [2.24, 2.45) is 0 Å². The fraction of sp³-hybridized carbons (Fsp3) is 0. The molecule has 0 saturated heterocycles. The van der Waals surface area contributed by atoms with E-state index in [1.54, 1.807) is 18.3 Å². The first-order chi connectivity index (χ1) is 9.66. The van der Waals surface area contributed by atoms with Gasteiger partial charge in [0.15, 0.2) is 11.0 Å². The fourth-order valence-corrected chi connectivity index (χ4v) is 2.17. The number of hydrogen-bond acceptors (Lipinski definition) is 3. The average molecular weight is 307 g/mol. The van der Waals surface area contributed by atoms with Gasteiger partial charge in [-0.05, 0) is 18.2 Å². The average Bonchev–Trinajstić information content (AvgIpc) is 2.92. The first-order valence-electron chi connectivity index (χ1n) is 5.70. The van der Waals surface area contributed by atoms with Crippen molar-refractivity contribution in [2.45, 2.75) is 0 Å². The topological polar surface area (TPSA) is 70.7 Å². The van der Waals surface area contributed by atoms with Crippen LogP contribution in [0.25, 0.3) is 10.9 Å². The lowest BCUT2D eigenvalue weighted by molar-refractivity contribution is 0.102. The van der Waals surface area contributed by atoms with E-state index in [4.69, 9.17) is 23.2 Å². The summed E-state index contributed by atoms with van der Waals surface area (Å²) in [7, 11) is 0. The van der Waals surface area contributed by atoms with Crippen LogP contribution in [0.3, 0.4) is 0 Å². The summed E-state index contributed by atoms with van der Waals surface area (Å²) in [4.78, 5) is 23.0. The summed E-state index contributed by atoms with van der Waals surface area (Å²) >= 11 is 11.7. The molecule has 0 unspecified atom stereocenters. The SMILES string of the molecule is O=C(Nc1ncnc(Cl)c1Cl)c1cccc2[nH]ccc12. The summed E-state index contributed by atoms with van der Waals surface area (Å²) in [5.74, 6) is -0.129.